The standard InChI is InChI=1S/C35H39Cl2N7O4/c1-47-34-29(16-38-15-21-11-12-31(46)42-21)40-17-27(43-34)24-7-3-5-22(32(24)36)23-6-4-8-25(33(23)37)28-18-41-30(35(44-28)48-2)19-39-26(13-14-45)20-9-10-20/h3-8,17-18,20-21,26,38-39,45H,9-16,19H2,1-2H3,(H,42,46)/t21-,26?/m0/s1. The minimum absolute atomic E-state index is 0.0830. The predicted octanol–water partition coefficient (Wildman–Crippen LogP) is 5.21. The molecule has 1 saturated carbocycles. The van der Waals surface area contributed by atoms with Crippen LogP contribution in [0.5, 0.6) is 11.8 Å². The summed E-state index contributed by atoms with van der Waals surface area (Å²) in [4.78, 5) is 30.3. The van der Waals surface area contributed by atoms with Crippen molar-refractivity contribution in [2.75, 3.05) is 27.4 Å². The molecule has 1 aliphatic heterocycles. The lowest BCUT2D eigenvalue weighted by molar-refractivity contribution is -0.119. The molecule has 0 bridgehead atoms. The van der Waals surface area contributed by atoms with Gasteiger partial charge in [-0.2, -0.15) is 0 Å². The van der Waals surface area contributed by atoms with E-state index in [4.69, 9.17) is 42.6 Å². The number of aliphatic hydroxyl groups is 1. The molecule has 2 fully saturated rings. The van der Waals surface area contributed by atoms with E-state index in [0.717, 1.165) is 17.5 Å². The van der Waals surface area contributed by atoms with Gasteiger partial charge in [-0.1, -0.05) is 59.6 Å². The molecule has 4 aromatic rings. The largest absolute Gasteiger partial charge is 0.480 e. The number of aromatic nitrogens is 4. The van der Waals surface area contributed by atoms with Crippen LogP contribution in [-0.4, -0.2) is 70.4 Å². The second kappa shape index (κ2) is 15.6. The highest BCUT2D eigenvalue weighted by Crippen LogP contribution is 2.42. The Bertz CT molecular complexity index is 1770. The van der Waals surface area contributed by atoms with Gasteiger partial charge < -0.3 is 30.5 Å². The number of nitrogens with one attached hydrogen (secondary N) is 3. The van der Waals surface area contributed by atoms with Gasteiger partial charge in [-0.3, -0.25) is 14.8 Å². The fourth-order valence-electron chi connectivity index (χ4n) is 6.06. The number of nitrogens with zero attached hydrogens (tertiary/aromatic N) is 4. The van der Waals surface area contributed by atoms with Crippen LogP contribution < -0.4 is 25.4 Å². The van der Waals surface area contributed by atoms with E-state index in [1.807, 2.05) is 36.4 Å². The lowest BCUT2D eigenvalue weighted by atomic mass is 9.98. The number of rotatable bonds is 15. The van der Waals surface area contributed by atoms with Crippen molar-refractivity contribution in [3.63, 3.8) is 0 Å². The van der Waals surface area contributed by atoms with E-state index in [2.05, 4.69) is 25.9 Å². The lowest BCUT2D eigenvalue weighted by Gasteiger charge is -2.18. The van der Waals surface area contributed by atoms with Crippen LogP contribution in [0.4, 0.5) is 0 Å². The minimum Gasteiger partial charge on any atom is -0.480 e. The average molecular weight is 693 g/mol. The van der Waals surface area contributed by atoms with Crippen molar-refractivity contribution in [1.29, 1.82) is 0 Å². The molecule has 2 atom stereocenters. The first kappa shape index (κ1) is 34.0. The first-order valence-electron chi connectivity index (χ1n) is 16.1. The number of ether oxygens (including phenoxy) is 2. The van der Waals surface area contributed by atoms with E-state index in [9.17, 15) is 9.90 Å². The van der Waals surface area contributed by atoms with E-state index in [1.54, 1.807) is 26.6 Å². The molecular weight excluding hydrogens is 653 g/mol. The van der Waals surface area contributed by atoms with Gasteiger partial charge in [-0.15, -0.1) is 0 Å². The van der Waals surface area contributed by atoms with Gasteiger partial charge in [0.05, 0.1) is 48.0 Å². The highest BCUT2D eigenvalue weighted by Gasteiger charge is 2.30. The molecule has 3 heterocycles. The Morgan fingerprint density at radius 1 is 0.875 bits per heavy atom. The SMILES string of the molecule is COc1nc(-c2cccc(-c3cccc(-c4cnc(CNC(CCO)C5CC5)c(OC)n4)c3Cl)c2Cl)cnc1CNC[C@@H]1CCC(=O)N1. The van der Waals surface area contributed by atoms with E-state index in [0.29, 0.717) is 94.1 Å². The zero-order chi connectivity index (χ0) is 33.6. The fraction of sp³-hybridized carbons (Fsp3) is 0.400. The van der Waals surface area contributed by atoms with Crippen LogP contribution in [0.3, 0.4) is 0 Å². The molecule has 0 radical (unpaired) electrons. The van der Waals surface area contributed by atoms with Crippen LogP contribution in [0.1, 0.15) is 43.5 Å². The van der Waals surface area contributed by atoms with E-state index >= 15 is 0 Å². The van der Waals surface area contributed by atoms with Crippen molar-refractivity contribution in [3.8, 4) is 45.4 Å². The molecule has 13 heteroatoms. The Morgan fingerprint density at radius 2 is 1.44 bits per heavy atom. The number of benzene rings is 2. The molecule has 1 aliphatic carbocycles. The Morgan fingerprint density at radius 3 is 1.94 bits per heavy atom. The smallest absolute Gasteiger partial charge is 0.237 e. The molecule has 11 nitrogen and oxygen atoms in total. The summed E-state index contributed by atoms with van der Waals surface area (Å²) < 4.78 is 11.2. The van der Waals surface area contributed by atoms with Crippen LogP contribution in [0, 0.1) is 5.92 Å². The van der Waals surface area contributed by atoms with Gasteiger partial charge in [0.2, 0.25) is 17.7 Å². The van der Waals surface area contributed by atoms with Crippen LogP contribution in [0.2, 0.25) is 10.0 Å². The molecule has 2 aromatic carbocycles. The van der Waals surface area contributed by atoms with E-state index < -0.39 is 0 Å². The summed E-state index contributed by atoms with van der Waals surface area (Å²) in [6.45, 7) is 1.71. The van der Waals surface area contributed by atoms with E-state index in [1.165, 1.54) is 12.8 Å². The average Bonchev–Trinajstić information content (AvgIpc) is 3.87. The summed E-state index contributed by atoms with van der Waals surface area (Å²) in [7, 11) is 3.13. The van der Waals surface area contributed by atoms with Crippen molar-refractivity contribution in [2.45, 2.75) is 57.3 Å². The Balaban J connectivity index is 1.22. The van der Waals surface area contributed by atoms with Crippen molar-refractivity contribution in [1.82, 2.24) is 35.9 Å². The summed E-state index contributed by atoms with van der Waals surface area (Å²) in [5.74, 6) is 1.48. The number of halogens is 2. The number of hydrogen-bond acceptors (Lipinski definition) is 10. The van der Waals surface area contributed by atoms with Gasteiger partial charge >= 0.3 is 0 Å². The summed E-state index contributed by atoms with van der Waals surface area (Å²) in [5.41, 5.74) is 5.28. The zero-order valence-electron chi connectivity index (χ0n) is 26.9. The zero-order valence-corrected chi connectivity index (χ0v) is 28.4. The van der Waals surface area contributed by atoms with Crippen molar-refractivity contribution < 1.29 is 19.4 Å². The summed E-state index contributed by atoms with van der Waals surface area (Å²) in [5, 5.41) is 20.2. The Hall–Kier alpha value is -3.87. The van der Waals surface area contributed by atoms with Crippen LogP contribution in [-0.2, 0) is 17.9 Å². The lowest BCUT2D eigenvalue weighted by Crippen LogP contribution is -2.35. The fourth-order valence-corrected chi connectivity index (χ4v) is 6.71. The third-order valence-corrected chi connectivity index (χ3v) is 9.59. The second-order valence-corrected chi connectivity index (χ2v) is 12.8. The highest BCUT2D eigenvalue weighted by molar-refractivity contribution is 6.39. The third kappa shape index (κ3) is 7.71. The minimum atomic E-state index is 0.0830. The van der Waals surface area contributed by atoms with Crippen LogP contribution in [0.25, 0.3) is 33.6 Å². The summed E-state index contributed by atoms with van der Waals surface area (Å²) >= 11 is 14.1. The first-order chi connectivity index (χ1) is 23.4. The molecule has 1 unspecified atom stereocenters. The molecule has 48 heavy (non-hydrogen) atoms. The molecule has 1 saturated heterocycles. The van der Waals surface area contributed by atoms with Gasteiger partial charge in [-0.25, -0.2) is 9.97 Å². The maximum Gasteiger partial charge on any atom is 0.237 e. The van der Waals surface area contributed by atoms with Gasteiger partial charge in [0.1, 0.15) is 11.4 Å². The van der Waals surface area contributed by atoms with Crippen LogP contribution >= 0.6 is 23.2 Å². The van der Waals surface area contributed by atoms with Crippen molar-refractivity contribution >= 4 is 29.1 Å². The van der Waals surface area contributed by atoms with Crippen molar-refractivity contribution in [3.05, 3.63) is 70.2 Å². The normalized spacial score (nSPS) is 16.5. The molecule has 1 amide bonds. The monoisotopic (exact) mass is 691 g/mol. The van der Waals surface area contributed by atoms with Gasteiger partial charge in [0, 0.05) is 67.0 Å². The first-order valence-corrected chi connectivity index (χ1v) is 16.9. The Kier molecular flexibility index (Phi) is 11.0. The number of hydrogen-bond donors (Lipinski definition) is 4. The van der Waals surface area contributed by atoms with Gasteiger partial charge in [0.25, 0.3) is 0 Å². The maximum atomic E-state index is 11.5. The second-order valence-electron chi connectivity index (χ2n) is 12.0. The summed E-state index contributed by atoms with van der Waals surface area (Å²) in [6, 6.07) is 11.7. The molecule has 2 aromatic heterocycles. The third-order valence-electron chi connectivity index (χ3n) is 8.78. The maximum absolute atomic E-state index is 11.5. The van der Waals surface area contributed by atoms with Gasteiger partial charge in [0.15, 0.2) is 0 Å². The highest BCUT2D eigenvalue weighted by atomic mass is 35.5. The summed E-state index contributed by atoms with van der Waals surface area (Å²) in [6.07, 6.45) is 7.80. The molecule has 252 valence electrons. The quantitative estimate of drug-likeness (QED) is 0.131. The van der Waals surface area contributed by atoms with Crippen molar-refractivity contribution in [2.24, 2.45) is 5.92 Å². The topological polar surface area (TPSA) is 143 Å². The Labute approximate surface area is 289 Å². The van der Waals surface area contributed by atoms with E-state index in [-0.39, 0.29) is 24.6 Å². The number of carbonyl (C=O) groups excluding carboxylic acids is 1. The van der Waals surface area contributed by atoms with Crippen LogP contribution in [0.15, 0.2) is 48.8 Å². The molecule has 4 N–H and O–H groups in total. The molecular formula is C35H39Cl2N7O4. The number of aliphatic hydroxyl groups excluding tert-OH is 1. The molecule has 6 rings (SSSR count). The number of amides is 1. The number of carbonyl (C=O) groups is 1. The van der Waals surface area contributed by atoms with Gasteiger partial charge in [-0.05, 0) is 31.6 Å². The predicted molar refractivity (Wildman–Crippen MR) is 185 cm³/mol. The molecule has 2 aliphatic rings. The molecule has 0 spiro atoms. The number of methoxy groups -OCH3 is 2.